The second-order valence-corrected chi connectivity index (χ2v) is 5.67. The van der Waals surface area contributed by atoms with Crippen LogP contribution in [0, 0.1) is 5.92 Å². The van der Waals surface area contributed by atoms with E-state index in [0.29, 0.717) is 17.5 Å². The third-order valence-electron chi connectivity index (χ3n) is 4.12. The molecule has 0 amide bonds. The van der Waals surface area contributed by atoms with Crippen molar-refractivity contribution in [3.05, 3.63) is 29.8 Å². The van der Waals surface area contributed by atoms with Gasteiger partial charge in [-0.05, 0) is 44.7 Å². The highest BCUT2D eigenvalue weighted by molar-refractivity contribution is 5.89. The fourth-order valence-corrected chi connectivity index (χ4v) is 2.60. The number of esters is 1. The molecule has 0 saturated carbocycles. The molecule has 20 heavy (non-hydrogen) atoms. The van der Waals surface area contributed by atoms with Crippen LogP contribution in [-0.2, 0) is 4.74 Å². The van der Waals surface area contributed by atoms with Crippen LogP contribution in [0.5, 0.6) is 5.75 Å². The zero-order chi connectivity index (χ0) is 14.7. The summed E-state index contributed by atoms with van der Waals surface area (Å²) in [6.07, 6.45) is 0.885. The molecular formula is C16H23NO3. The van der Waals surface area contributed by atoms with Gasteiger partial charge < -0.3 is 14.4 Å². The second-order valence-electron chi connectivity index (χ2n) is 5.67. The van der Waals surface area contributed by atoms with E-state index in [0.717, 1.165) is 18.7 Å². The molecule has 0 unspecified atom stereocenters. The number of hydrogen-bond donors (Lipinski definition) is 0. The van der Waals surface area contributed by atoms with E-state index in [2.05, 4.69) is 25.8 Å². The average Bonchev–Trinajstić information content (AvgIpc) is 2.44. The summed E-state index contributed by atoms with van der Waals surface area (Å²) in [5.41, 5.74) is 0.574. The predicted octanol–water partition coefficient (Wildman–Crippen LogP) is 2.58. The van der Waals surface area contributed by atoms with Gasteiger partial charge in [0.1, 0.15) is 11.9 Å². The largest absolute Gasteiger partial charge is 0.497 e. The van der Waals surface area contributed by atoms with Gasteiger partial charge in [0.15, 0.2) is 0 Å². The summed E-state index contributed by atoms with van der Waals surface area (Å²) in [6.45, 7) is 5.26. The summed E-state index contributed by atoms with van der Waals surface area (Å²) in [4.78, 5) is 14.5. The van der Waals surface area contributed by atoms with E-state index in [1.165, 1.54) is 0 Å². The number of carbonyl (C=O) groups excluding carboxylic acids is 1. The standard InChI is InChI=1S/C16H23NO3/c1-11-10-17(3)12(2)9-15(11)20-16(18)13-5-7-14(19-4)8-6-13/h5-8,11-12,15H,9-10H2,1-4H3/t11-,12-,15-/m0/s1. The first kappa shape index (κ1) is 14.9. The van der Waals surface area contributed by atoms with E-state index >= 15 is 0 Å². The predicted molar refractivity (Wildman–Crippen MR) is 78.1 cm³/mol. The number of likely N-dealkylation sites (tertiary alicyclic amines) is 1. The van der Waals surface area contributed by atoms with Crippen molar-refractivity contribution in [1.82, 2.24) is 4.90 Å². The molecule has 0 spiro atoms. The van der Waals surface area contributed by atoms with Gasteiger partial charge in [-0.25, -0.2) is 4.79 Å². The normalized spacial score (nSPS) is 27.1. The number of carbonyl (C=O) groups is 1. The van der Waals surface area contributed by atoms with Crippen molar-refractivity contribution in [2.24, 2.45) is 5.92 Å². The van der Waals surface area contributed by atoms with Crippen LogP contribution in [0.2, 0.25) is 0 Å². The molecule has 1 aromatic rings. The molecule has 1 fully saturated rings. The maximum atomic E-state index is 12.2. The van der Waals surface area contributed by atoms with Crippen molar-refractivity contribution in [1.29, 1.82) is 0 Å². The van der Waals surface area contributed by atoms with E-state index in [4.69, 9.17) is 9.47 Å². The van der Waals surface area contributed by atoms with Crippen LogP contribution in [0.15, 0.2) is 24.3 Å². The average molecular weight is 277 g/mol. The Hall–Kier alpha value is -1.55. The third kappa shape index (κ3) is 3.31. The van der Waals surface area contributed by atoms with Crippen LogP contribution in [0.1, 0.15) is 30.6 Å². The van der Waals surface area contributed by atoms with Gasteiger partial charge in [-0.15, -0.1) is 0 Å². The number of benzene rings is 1. The van der Waals surface area contributed by atoms with E-state index < -0.39 is 0 Å². The van der Waals surface area contributed by atoms with Crippen LogP contribution in [0.25, 0.3) is 0 Å². The number of ether oxygens (including phenoxy) is 2. The summed E-state index contributed by atoms with van der Waals surface area (Å²) in [5.74, 6) is 0.850. The number of rotatable bonds is 3. The maximum absolute atomic E-state index is 12.2. The van der Waals surface area contributed by atoms with E-state index in [9.17, 15) is 4.79 Å². The van der Waals surface area contributed by atoms with Crippen LogP contribution in [0.4, 0.5) is 0 Å². The van der Waals surface area contributed by atoms with E-state index in [-0.39, 0.29) is 12.1 Å². The summed E-state index contributed by atoms with van der Waals surface area (Å²) in [7, 11) is 3.72. The lowest BCUT2D eigenvalue weighted by molar-refractivity contribution is -0.0196. The molecule has 4 heteroatoms. The number of methoxy groups -OCH3 is 1. The number of hydrogen-bond acceptors (Lipinski definition) is 4. The molecular weight excluding hydrogens is 254 g/mol. The molecule has 1 saturated heterocycles. The quantitative estimate of drug-likeness (QED) is 0.796. The first-order chi connectivity index (χ1) is 9.51. The first-order valence-electron chi connectivity index (χ1n) is 7.06. The lowest BCUT2D eigenvalue weighted by atomic mass is 9.92. The Balaban J connectivity index is 1.99. The van der Waals surface area contributed by atoms with Crippen LogP contribution >= 0.6 is 0 Å². The summed E-state index contributed by atoms with van der Waals surface area (Å²) < 4.78 is 10.8. The maximum Gasteiger partial charge on any atom is 0.338 e. The molecule has 110 valence electrons. The lowest BCUT2D eigenvalue weighted by Gasteiger charge is -2.39. The highest BCUT2D eigenvalue weighted by Gasteiger charge is 2.31. The van der Waals surface area contributed by atoms with Gasteiger partial charge in [-0.3, -0.25) is 0 Å². The molecule has 0 aliphatic carbocycles. The van der Waals surface area contributed by atoms with Crippen molar-refractivity contribution < 1.29 is 14.3 Å². The summed E-state index contributed by atoms with van der Waals surface area (Å²) >= 11 is 0. The van der Waals surface area contributed by atoms with Crippen molar-refractivity contribution in [3.8, 4) is 5.75 Å². The molecule has 2 rings (SSSR count). The van der Waals surface area contributed by atoms with Crippen molar-refractivity contribution in [3.63, 3.8) is 0 Å². The molecule has 1 aliphatic heterocycles. The van der Waals surface area contributed by atoms with Gasteiger partial charge in [0, 0.05) is 18.5 Å². The minimum atomic E-state index is -0.249. The van der Waals surface area contributed by atoms with Crippen LogP contribution < -0.4 is 4.74 Å². The van der Waals surface area contributed by atoms with E-state index in [1.807, 2.05) is 0 Å². The van der Waals surface area contributed by atoms with Crippen molar-refractivity contribution in [2.75, 3.05) is 20.7 Å². The molecule has 4 nitrogen and oxygen atoms in total. The third-order valence-corrected chi connectivity index (χ3v) is 4.12. The summed E-state index contributed by atoms with van der Waals surface area (Å²) in [6, 6.07) is 7.48. The first-order valence-corrected chi connectivity index (χ1v) is 7.06. The topological polar surface area (TPSA) is 38.8 Å². The fraction of sp³-hybridized carbons (Fsp3) is 0.562. The molecule has 0 bridgehead atoms. The van der Waals surface area contributed by atoms with Gasteiger partial charge >= 0.3 is 5.97 Å². The van der Waals surface area contributed by atoms with Gasteiger partial charge in [0.2, 0.25) is 0 Å². The Labute approximate surface area is 120 Å². The zero-order valence-corrected chi connectivity index (χ0v) is 12.6. The Bertz CT molecular complexity index is 457. The molecule has 1 aliphatic rings. The fourth-order valence-electron chi connectivity index (χ4n) is 2.60. The smallest absolute Gasteiger partial charge is 0.338 e. The Morgan fingerprint density at radius 1 is 1.25 bits per heavy atom. The van der Waals surface area contributed by atoms with Crippen LogP contribution in [0.3, 0.4) is 0 Å². The monoisotopic (exact) mass is 277 g/mol. The van der Waals surface area contributed by atoms with Gasteiger partial charge in [0.25, 0.3) is 0 Å². The zero-order valence-electron chi connectivity index (χ0n) is 12.6. The van der Waals surface area contributed by atoms with Gasteiger partial charge in [-0.1, -0.05) is 6.92 Å². The van der Waals surface area contributed by atoms with Crippen molar-refractivity contribution >= 4 is 5.97 Å². The van der Waals surface area contributed by atoms with E-state index in [1.54, 1.807) is 31.4 Å². The highest BCUT2D eigenvalue weighted by Crippen LogP contribution is 2.24. The molecule has 1 heterocycles. The molecule has 1 aromatic carbocycles. The molecule has 0 aromatic heterocycles. The van der Waals surface area contributed by atoms with Crippen LogP contribution in [-0.4, -0.2) is 43.7 Å². The Morgan fingerprint density at radius 3 is 2.50 bits per heavy atom. The Morgan fingerprint density at radius 2 is 1.90 bits per heavy atom. The minimum absolute atomic E-state index is 0.00389. The van der Waals surface area contributed by atoms with Gasteiger partial charge in [-0.2, -0.15) is 0 Å². The summed E-state index contributed by atoms with van der Waals surface area (Å²) in [5, 5.41) is 0. The lowest BCUT2D eigenvalue weighted by Crippen LogP contribution is -2.46. The number of piperidine rings is 1. The molecule has 0 radical (unpaired) electrons. The molecule has 0 N–H and O–H groups in total. The minimum Gasteiger partial charge on any atom is -0.497 e. The van der Waals surface area contributed by atoms with Gasteiger partial charge in [0.05, 0.1) is 12.7 Å². The highest BCUT2D eigenvalue weighted by atomic mass is 16.5. The SMILES string of the molecule is COc1ccc(C(=O)O[C@H]2C[C@H](C)N(C)C[C@@H]2C)cc1. The Kier molecular flexibility index (Phi) is 4.65. The number of nitrogens with zero attached hydrogens (tertiary/aromatic N) is 1. The van der Waals surface area contributed by atoms with Crippen molar-refractivity contribution in [2.45, 2.75) is 32.4 Å². The molecule has 3 atom stereocenters. The second kappa shape index (κ2) is 6.27.